The predicted molar refractivity (Wildman–Crippen MR) is 112 cm³/mol. The van der Waals surface area contributed by atoms with Gasteiger partial charge in [-0.3, -0.25) is 0 Å². The Kier molecular flexibility index (Phi) is 5.88. The third-order valence-corrected chi connectivity index (χ3v) is 4.28. The molecule has 0 unspecified atom stereocenters. The van der Waals surface area contributed by atoms with Crippen molar-refractivity contribution in [1.82, 2.24) is 0 Å². The highest BCUT2D eigenvalue weighted by Gasteiger charge is 2.30. The van der Waals surface area contributed by atoms with Gasteiger partial charge in [-0.05, 0) is 36.8 Å². The van der Waals surface area contributed by atoms with E-state index >= 15 is 0 Å². The highest BCUT2D eigenvalue weighted by Crippen LogP contribution is 2.36. The molecular formula is C24H26O4. The quantitative estimate of drug-likeness (QED) is 0.494. The molecule has 146 valence electrons. The van der Waals surface area contributed by atoms with Crippen LogP contribution in [0.2, 0.25) is 0 Å². The topological polar surface area (TPSA) is 48.7 Å². The maximum absolute atomic E-state index is 12.6. The average Bonchev–Trinajstić information content (AvgIpc) is 3.06. The summed E-state index contributed by atoms with van der Waals surface area (Å²) in [4.78, 5) is 12.6. The second kappa shape index (κ2) is 8.34. The number of hydrogen-bond donors (Lipinski definition) is 0. The van der Waals surface area contributed by atoms with Gasteiger partial charge in [0, 0.05) is 10.8 Å². The van der Waals surface area contributed by atoms with E-state index in [0.717, 1.165) is 5.56 Å². The Bertz CT molecular complexity index is 975. The van der Waals surface area contributed by atoms with E-state index in [1.165, 1.54) is 0 Å². The van der Waals surface area contributed by atoms with E-state index in [-0.39, 0.29) is 11.4 Å². The molecule has 0 spiro atoms. The molecule has 0 saturated heterocycles. The van der Waals surface area contributed by atoms with E-state index in [2.05, 4.69) is 0 Å². The minimum absolute atomic E-state index is 0.315. The zero-order chi connectivity index (χ0) is 20.1. The van der Waals surface area contributed by atoms with E-state index in [9.17, 15) is 4.79 Å². The first-order chi connectivity index (χ1) is 13.4. The minimum atomic E-state index is -0.368. The Morgan fingerprint density at radius 2 is 1.86 bits per heavy atom. The second-order valence-electron chi connectivity index (χ2n) is 7.56. The molecule has 28 heavy (non-hydrogen) atoms. The summed E-state index contributed by atoms with van der Waals surface area (Å²) in [5.74, 6) is 0.936. The van der Waals surface area contributed by atoms with Crippen molar-refractivity contribution in [2.45, 2.75) is 33.1 Å². The Morgan fingerprint density at radius 1 is 1.11 bits per heavy atom. The van der Waals surface area contributed by atoms with Gasteiger partial charge < -0.3 is 13.9 Å². The Balaban J connectivity index is 1.86. The van der Waals surface area contributed by atoms with Crippen molar-refractivity contribution in [3.63, 3.8) is 0 Å². The summed E-state index contributed by atoms with van der Waals surface area (Å²) in [7, 11) is 0. The number of hydrogen-bond acceptors (Lipinski definition) is 4. The summed E-state index contributed by atoms with van der Waals surface area (Å²) in [5, 5.41) is 0.716. The maximum Gasteiger partial charge on any atom is 0.342 e. The van der Waals surface area contributed by atoms with Crippen LogP contribution in [0.3, 0.4) is 0 Å². The van der Waals surface area contributed by atoms with Crippen molar-refractivity contribution in [2.75, 3.05) is 13.2 Å². The normalized spacial score (nSPS) is 11.9. The van der Waals surface area contributed by atoms with E-state index in [1.807, 2.05) is 81.5 Å². The van der Waals surface area contributed by atoms with Gasteiger partial charge in [-0.25, -0.2) is 4.79 Å². The Labute approximate surface area is 165 Å². The molecule has 0 fully saturated rings. The second-order valence-corrected chi connectivity index (χ2v) is 7.56. The zero-order valence-electron chi connectivity index (χ0n) is 16.8. The number of rotatable bonds is 6. The molecule has 0 N–H and O–H groups in total. The van der Waals surface area contributed by atoms with E-state index in [1.54, 1.807) is 6.92 Å². The summed E-state index contributed by atoms with van der Waals surface area (Å²) < 4.78 is 17.1. The van der Waals surface area contributed by atoms with Crippen molar-refractivity contribution >= 4 is 23.0 Å². The summed E-state index contributed by atoms with van der Waals surface area (Å²) >= 11 is 0. The molecule has 0 aliphatic carbocycles. The summed E-state index contributed by atoms with van der Waals surface area (Å²) in [5.41, 5.74) is 1.94. The largest absolute Gasteiger partial charge is 0.490 e. The lowest BCUT2D eigenvalue weighted by Crippen LogP contribution is -2.16. The molecule has 1 aromatic heterocycles. The molecule has 0 amide bonds. The van der Waals surface area contributed by atoms with Crippen LogP contribution in [0, 0.1) is 0 Å². The molecule has 4 heteroatoms. The lowest BCUT2D eigenvalue weighted by molar-refractivity contribution is 0.0523. The highest BCUT2D eigenvalue weighted by molar-refractivity contribution is 6.05. The van der Waals surface area contributed by atoms with Crippen LogP contribution in [0.4, 0.5) is 0 Å². The van der Waals surface area contributed by atoms with Gasteiger partial charge in [-0.15, -0.1) is 0 Å². The lowest BCUT2D eigenvalue weighted by atomic mass is 9.89. The molecule has 3 aromatic rings. The highest BCUT2D eigenvalue weighted by atomic mass is 16.5. The van der Waals surface area contributed by atoms with Gasteiger partial charge in [-0.1, -0.05) is 57.2 Å². The molecule has 3 rings (SSSR count). The third kappa shape index (κ3) is 4.45. The predicted octanol–water partition coefficient (Wildman–Crippen LogP) is 6.00. The first-order valence-electron chi connectivity index (χ1n) is 9.48. The number of ether oxygens (including phenoxy) is 2. The monoisotopic (exact) mass is 378 g/mol. The van der Waals surface area contributed by atoms with E-state index in [0.29, 0.717) is 41.3 Å². The average molecular weight is 378 g/mol. The van der Waals surface area contributed by atoms with Crippen LogP contribution in [0.5, 0.6) is 5.75 Å². The molecule has 1 heterocycles. The maximum atomic E-state index is 12.6. The molecule has 0 bridgehead atoms. The van der Waals surface area contributed by atoms with Crippen molar-refractivity contribution in [3.05, 3.63) is 71.5 Å². The number of fused-ring (bicyclic) bond motifs is 1. The summed E-state index contributed by atoms with van der Waals surface area (Å²) in [6.45, 7) is 8.58. The molecule has 2 aromatic carbocycles. The molecule has 0 atom stereocenters. The van der Waals surface area contributed by atoms with Gasteiger partial charge in [0.1, 0.15) is 29.3 Å². The van der Waals surface area contributed by atoms with Crippen LogP contribution in [-0.2, 0) is 10.2 Å². The molecular weight excluding hydrogens is 352 g/mol. The number of carbonyl (C=O) groups excluding carboxylic acids is 1. The summed E-state index contributed by atoms with van der Waals surface area (Å²) in [6, 6.07) is 15.6. The first-order valence-corrected chi connectivity index (χ1v) is 9.48. The van der Waals surface area contributed by atoms with Crippen LogP contribution < -0.4 is 4.74 Å². The Hall–Kier alpha value is -3.01. The molecule has 0 aliphatic heterocycles. The van der Waals surface area contributed by atoms with Crippen molar-refractivity contribution in [2.24, 2.45) is 0 Å². The fraction of sp³-hybridized carbons (Fsp3) is 0.292. The van der Waals surface area contributed by atoms with Crippen LogP contribution in [0.25, 0.3) is 17.0 Å². The number of benzene rings is 2. The molecule has 4 nitrogen and oxygen atoms in total. The third-order valence-electron chi connectivity index (χ3n) is 4.28. The first kappa shape index (κ1) is 19.7. The van der Waals surface area contributed by atoms with Crippen LogP contribution >= 0.6 is 0 Å². The van der Waals surface area contributed by atoms with Crippen LogP contribution in [0.1, 0.15) is 49.4 Å². The summed E-state index contributed by atoms with van der Waals surface area (Å²) in [6.07, 6.45) is 3.97. The van der Waals surface area contributed by atoms with Gasteiger partial charge in [0.25, 0.3) is 0 Å². The number of carbonyl (C=O) groups is 1. The minimum Gasteiger partial charge on any atom is -0.490 e. The molecule has 0 saturated carbocycles. The van der Waals surface area contributed by atoms with Crippen molar-refractivity contribution < 1.29 is 18.7 Å². The van der Waals surface area contributed by atoms with E-state index in [4.69, 9.17) is 13.9 Å². The van der Waals surface area contributed by atoms with Gasteiger partial charge in [0.15, 0.2) is 0 Å². The van der Waals surface area contributed by atoms with E-state index < -0.39 is 0 Å². The molecule has 0 radical (unpaired) electrons. The lowest BCUT2D eigenvalue weighted by Gasteiger charge is -2.16. The van der Waals surface area contributed by atoms with Crippen molar-refractivity contribution in [1.29, 1.82) is 0 Å². The fourth-order valence-electron chi connectivity index (χ4n) is 2.99. The van der Waals surface area contributed by atoms with Crippen molar-refractivity contribution in [3.8, 4) is 5.75 Å². The van der Waals surface area contributed by atoms with Crippen LogP contribution in [0.15, 0.2) is 59.0 Å². The van der Waals surface area contributed by atoms with Crippen LogP contribution in [-0.4, -0.2) is 19.2 Å². The molecule has 0 aliphatic rings. The Morgan fingerprint density at radius 3 is 2.54 bits per heavy atom. The van der Waals surface area contributed by atoms with Gasteiger partial charge >= 0.3 is 5.97 Å². The van der Waals surface area contributed by atoms with Gasteiger partial charge in [0.05, 0.1) is 6.61 Å². The van der Waals surface area contributed by atoms with Gasteiger partial charge in [-0.2, -0.15) is 0 Å². The number of furan rings is 1. The fourth-order valence-corrected chi connectivity index (χ4v) is 2.99. The number of esters is 1. The zero-order valence-corrected chi connectivity index (χ0v) is 16.8. The standard InChI is InChI=1S/C24H26O4/c1-5-26-23(25)21-19-16-18(13-14-20(19)28-22(21)24(2,3)4)27-15-9-12-17-10-7-6-8-11-17/h6-14,16H,5,15H2,1-4H3. The smallest absolute Gasteiger partial charge is 0.342 e. The SMILES string of the molecule is CCOC(=O)c1c(C(C)(C)C)oc2ccc(OCC=Cc3ccccc3)cc12. The van der Waals surface area contributed by atoms with Gasteiger partial charge in [0.2, 0.25) is 0 Å².